The van der Waals surface area contributed by atoms with Crippen LogP contribution in [-0.2, 0) is 20.7 Å². The fraction of sp³-hybridized carbons (Fsp3) is 0.667. The van der Waals surface area contributed by atoms with Crippen LogP contribution in [0.1, 0.15) is 50.2 Å². The van der Waals surface area contributed by atoms with Crippen LogP contribution < -0.4 is 5.73 Å². The molecule has 3 N–H and O–H groups in total. The zero-order valence-electron chi connectivity index (χ0n) is 18.7. The van der Waals surface area contributed by atoms with Crippen molar-refractivity contribution in [2.24, 2.45) is 28.9 Å². The summed E-state index contributed by atoms with van der Waals surface area (Å²) in [5.74, 6) is -0.553. The lowest BCUT2D eigenvalue weighted by Crippen LogP contribution is -2.51. The third kappa shape index (κ3) is 3.98. The van der Waals surface area contributed by atoms with Crippen LogP contribution in [0, 0.1) is 34.4 Å². The number of carbonyl (C=O) groups excluding carboxylic acids is 1. The van der Waals surface area contributed by atoms with Gasteiger partial charge in [0.25, 0.3) is 0 Å². The average Bonchev–Trinajstić information content (AvgIpc) is 3.30. The predicted molar refractivity (Wildman–Crippen MR) is 116 cm³/mol. The zero-order chi connectivity index (χ0) is 22.3. The van der Waals surface area contributed by atoms with Crippen molar-refractivity contribution in [2.75, 3.05) is 26.9 Å². The summed E-state index contributed by atoms with van der Waals surface area (Å²) in [5, 5.41) is 8.13. The number of amides is 1. The number of hydrogen-bond acceptors (Lipinski definition) is 4. The molecule has 1 saturated carbocycles. The van der Waals surface area contributed by atoms with Crippen molar-refractivity contribution in [3.05, 3.63) is 35.1 Å². The van der Waals surface area contributed by atoms with E-state index in [1.54, 1.807) is 7.11 Å². The molecule has 1 heterocycles. The maximum Gasteiger partial charge on any atom is 0.237 e. The summed E-state index contributed by atoms with van der Waals surface area (Å²) < 4.78 is 25.5. The van der Waals surface area contributed by atoms with E-state index in [1.807, 2.05) is 6.07 Å². The molecule has 170 valence electrons. The molecule has 1 spiro atoms. The van der Waals surface area contributed by atoms with Gasteiger partial charge in [0.15, 0.2) is 5.96 Å². The first-order valence-electron chi connectivity index (χ1n) is 11.3. The summed E-state index contributed by atoms with van der Waals surface area (Å²) in [6.45, 7) is 5.96. The van der Waals surface area contributed by atoms with E-state index < -0.39 is 5.92 Å². The predicted octanol–water partition coefficient (Wildman–Crippen LogP) is 3.29. The number of guanidine groups is 1. The number of carbonyl (C=O) groups is 1. The van der Waals surface area contributed by atoms with Crippen LogP contribution in [0.15, 0.2) is 18.2 Å². The molecule has 1 aliphatic heterocycles. The van der Waals surface area contributed by atoms with Gasteiger partial charge in [-0.15, -0.1) is 0 Å². The Morgan fingerprint density at radius 2 is 2.06 bits per heavy atom. The standard InChI is InChI=1S/C24H34FN3O3/c1-14-9-24(10-15(2)21(14)30-3)11-17-4-5-18(25)8-19(17)20(24)22(29)28(23(26)27)12-16-6-7-31-13-16/h4-5,8,14-16,20-21H,6-7,9-13H2,1-3H3,(H3,26,27)/t14-,15+,16-,20-,21?,24?/m0/s1. The summed E-state index contributed by atoms with van der Waals surface area (Å²) in [6, 6.07) is 4.81. The van der Waals surface area contributed by atoms with Gasteiger partial charge in [0.1, 0.15) is 5.82 Å². The first kappa shape index (κ1) is 22.2. The summed E-state index contributed by atoms with van der Waals surface area (Å²) >= 11 is 0. The molecule has 1 saturated heterocycles. The first-order chi connectivity index (χ1) is 14.8. The third-order valence-electron chi connectivity index (χ3n) is 7.69. The topological polar surface area (TPSA) is 88.6 Å². The number of methoxy groups -OCH3 is 1. The molecule has 2 fully saturated rings. The van der Waals surface area contributed by atoms with Crippen LogP contribution in [0.2, 0.25) is 0 Å². The van der Waals surface area contributed by atoms with Gasteiger partial charge in [-0.05, 0) is 66.2 Å². The van der Waals surface area contributed by atoms with E-state index in [9.17, 15) is 9.18 Å². The molecular weight excluding hydrogens is 397 g/mol. The molecule has 2 unspecified atom stereocenters. The van der Waals surface area contributed by atoms with Gasteiger partial charge in [-0.3, -0.25) is 15.1 Å². The molecule has 31 heavy (non-hydrogen) atoms. The van der Waals surface area contributed by atoms with E-state index >= 15 is 0 Å². The van der Waals surface area contributed by atoms with Gasteiger partial charge in [0, 0.05) is 26.2 Å². The van der Waals surface area contributed by atoms with Gasteiger partial charge in [0.2, 0.25) is 5.91 Å². The molecule has 1 aromatic carbocycles. The van der Waals surface area contributed by atoms with Crippen LogP contribution in [0.5, 0.6) is 0 Å². The number of nitrogens with two attached hydrogens (primary N) is 1. The van der Waals surface area contributed by atoms with Crippen molar-refractivity contribution in [2.45, 2.75) is 51.6 Å². The van der Waals surface area contributed by atoms with Gasteiger partial charge in [0.05, 0.1) is 18.6 Å². The highest BCUT2D eigenvalue weighted by Crippen LogP contribution is 2.58. The maximum atomic E-state index is 14.3. The van der Waals surface area contributed by atoms with Crippen molar-refractivity contribution in [3.8, 4) is 0 Å². The van der Waals surface area contributed by atoms with Crippen LogP contribution in [0.3, 0.4) is 0 Å². The second kappa shape index (κ2) is 8.51. The number of benzene rings is 1. The summed E-state index contributed by atoms with van der Waals surface area (Å²) in [5.41, 5.74) is 7.37. The molecule has 0 aromatic heterocycles. The highest BCUT2D eigenvalue weighted by molar-refractivity contribution is 5.99. The number of hydrogen-bond donors (Lipinski definition) is 2. The van der Waals surface area contributed by atoms with Crippen LogP contribution in [-0.4, -0.2) is 49.7 Å². The maximum absolute atomic E-state index is 14.3. The molecular formula is C24H34FN3O3. The molecule has 6 atom stereocenters. The van der Waals surface area contributed by atoms with E-state index in [2.05, 4.69) is 13.8 Å². The molecule has 4 rings (SSSR count). The molecule has 3 aliphatic rings. The normalized spacial score (nSPS) is 34.6. The van der Waals surface area contributed by atoms with Gasteiger partial charge in [-0.1, -0.05) is 19.9 Å². The SMILES string of the molecule is COC1[C@H](C)CC2(Cc3ccc(F)cc3[C@H]2C(=O)N(C[C@@H]2CCOC2)C(=N)N)C[C@@H]1C. The van der Waals surface area contributed by atoms with Crippen molar-refractivity contribution in [1.82, 2.24) is 4.90 Å². The highest BCUT2D eigenvalue weighted by atomic mass is 19.1. The highest BCUT2D eigenvalue weighted by Gasteiger charge is 2.55. The van der Waals surface area contributed by atoms with E-state index in [4.69, 9.17) is 20.6 Å². The van der Waals surface area contributed by atoms with E-state index in [1.165, 1.54) is 17.0 Å². The van der Waals surface area contributed by atoms with Crippen LogP contribution in [0.4, 0.5) is 4.39 Å². The lowest BCUT2D eigenvalue weighted by atomic mass is 9.59. The quantitative estimate of drug-likeness (QED) is 0.566. The van der Waals surface area contributed by atoms with E-state index in [0.29, 0.717) is 19.8 Å². The Labute approximate surface area is 183 Å². The number of ether oxygens (including phenoxy) is 2. The Kier molecular flexibility index (Phi) is 6.10. The summed E-state index contributed by atoms with van der Waals surface area (Å²) in [7, 11) is 1.75. The Balaban J connectivity index is 1.72. The second-order valence-electron chi connectivity index (χ2n) is 9.94. The largest absolute Gasteiger partial charge is 0.381 e. The van der Waals surface area contributed by atoms with Crippen LogP contribution >= 0.6 is 0 Å². The molecule has 2 aliphatic carbocycles. The average molecular weight is 432 g/mol. The lowest BCUT2D eigenvalue weighted by Gasteiger charge is -2.48. The fourth-order valence-corrected chi connectivity index (χ4v) is 6.65. The second-order valence-corrected chi connectivity index (χ2v) is 9.94. The Morgan fingerprint density at radius 1 is 1.35 bits per heavy atom. The van der Waals surface area contributed by atoms with Gasteiger partial charge in [-0.2, -0.15) is 0 Å². The van der Waals surface area contributed by atoms with E-state index in [-0.39, 0.29) is 47.0 Å². The number of rotatable bonds is 4. The fourth-order valence-electron chi connectivity index (χ4n) is 6.65. The summed E-state index contributed by atoms with van der Waals surface area (Å²) in [6.07, 6.45) is 3.37. The molecule has 6 nitrogen and oxygen atoms in total. The smallest absolute Gasteiger partial charge is 0.237 e. The number of halogens is 1. The van der Waals surface area contributed by atoms with Gasteiger partial charge < -0.3 is 15.2 Å². The minimum Gasteiger partial charge on any atom is -0.381 e. The molecule has 1 amide bonds. The van der Waals surface area contributed by atoms with Gasteiger partial charge >= 0.3 is 0 Å². The molecule has 7 heteroatoms. The van der Waals surface area contributed by atoms with E-state index in [0.717, 1.165) is 36.8 Å². The van der Waals surface area contributed by atoms with Crippen molar-refractivity contribution < 1.29 is 18.7 Å². The summed E-state index contributed by atoms with van der Waals surface area (Å²) in [4.78, 5) is 15.4. The third-order valence-corrected chi connectivity index (χ3v) is 7.69. The zero-order valence-corrected chi connectivity index (χ0v) is 18.7. The van der Waals surface area contributed by atoms with Crippen LogP contribution in [0.25, 0.3) is 0 Å². The van der Waals surface area contributed by atoms with Crippen molar-refractivity contribution >= 4 is 11.9 Å². The molecule has 0 bridgehead atoms. The number of nitrogens with zero attached hydrogens (tertiary/aromatic N) is 1. The number of nitrogens with one attached hydrogen (secondary N) is 1. The minimum absolute atomic E-state index is 0.140. The Morgan fingerprint density at radius 3 is 2.65 bits per heavy atom. The number of fused-ring (bicyclic) bond motifs is 1. The Hall–Kier alpha value is -1.99. The van der Waals surface area contributed by atoms with Crippen molar-refractivity contribution in [1.29, 1.82) is 5.41 Å². The first-order valence-corrected chi connectivity index (χ1v) is 11.3. The Bertz CT molecular complexity index is 842. The molecule has 0 radical (unpaired) electrons. The lowest BCUT2D eigenvalue weighted by molar-refractivity contribution is -0.136. The van der Waals surface area contributed by atoms with Crippen molar-refractivity contribution in [3.63, 3.8) is 0 Å². The minimum atomic E-state index is -0.507. The van der Waals surface area contributed by atoms with Gasteiger partial charge in [-0.25, -0.2) is 4.39 Å². The monoisotopic (exact) mass is 431 g/mol. The molecule has 1 aromatic rings.